The molecule has 0 saturated carbocycles. The predicted octanol–water partition coefficient (Wildman–Crippen LogP) is 4.74. The fraction of sp³-hybridized carbons (Fsp3) is 0.219. The third-order valence-electron chi connectivity index (χ3n) is 7.42. The van der Waals surface area contributed by atoms with E-state index in [1.165, 1.54) is 14.2 Å². The molecule has 208 valence electrons. The number of ether oxygens (including phenoxy) is 4. The normalized spacial score (nSPS) is 12.2. The number of pyridine rings is 2. The number of fused-ring (bicyclic) bond motifs is 5. The van der Waals surface area contributed by atoms with Crippen molar-refractivity contribution in [2.45, 2.75) is 19.4 Å². The highest BCUT2D eigenvalue weighted by Gasteiger charge is 2.23. The first-order valence-corrected chi connectivity index (χ1v) is 13.3. The number of benzene rings is 3. The Kier molecular flexibility index (Phi) is 6.70. The highest BCUT2D eigenvalue weighted by atomic mass is 16.5. The molecule has 0 spiro atoms. The number of nitrogens with zero attached hydrogens (tertiary/aromatic N) is 2. The summed E-state index contributed by atoms with van der Waals surface area (Å²) in [5.74, 6) is 1.95. The fourth-order valence-corrected chi connectivity index (χ4v) is 5.40. The van der Waals surface area contributed by atoms with Crippen LogP contribution >= 0.6 is 0 Å². The number of nitrogens with one attached hydrogen (secondary N) is 1. The van der Waals surface area contributed by atoms with Crippen LogP contribution in [0.5, 0.6) is 23.0 Å². The van der Waals surface area contributed by atoms with Gasteiger partial charge in [0.15, 0.2) is 17.6 Å². The topological polar surface area (TPSA) is 100 Å². The maximum atomic E-state index is 13.9. The van der Waals surface area contributed by atoms with Crippen LogP contribution in [0, 0.1) is 0 Å². The summed E-state index contributed by atoms with van der Waals surface area (Å²) in [4.78, 5) is 31.3. The Morgan fingerprint density at radius 2 is 1.68 bits per heavy atom. The lowest BCUT2D eigenvalue weighted by molar-refractivity contribution is -0.127. The summed E-state index contributed by atoms with van der Waals surface area (Å²) >= 11 is 0. The van der Waals surface area contributed by atoms with E-state index in [0.717, 1.165) is 22.1 Å². The molecule has 1 amide bonds. The number of methoxy groups -OCH3 is 3. The zero-order chi connectivity index (χ0) is 28.7. The van der Waals surface area contributed by atoms with Crippen molar-refractivity contribution in [3.05, 3.63) is 82.8 Å². The van der Waals surface area contributed by atoms with Gasteiger partial charge in [0, 0.05) is 28.9 Å². The van der Waals surface area contributed by atoms with Gasteiger partial charge in [-0.1, -0.05) is 12.1 Å². The van der Waals surface area contributed by atoms with Crippen LogP contribution < -0.4 is 29.8 Å². The maximum absolute atomic E-state index is 13.9. The second kappa shape index (κ2) is 10.5. The van der Waals surface area contributed by atoms with Gasteiger partial charge in [-0.3, -0.25) is 19.0 Å². The molecule has 3 aromatic carbocycles. The summed E-state index contributed by atoms with van der Waals surface area (Å²) in [6.45, 7) is 2.20. The molecule has 6 rings (SSSR count). The molecule has 1 atom stereocenters. The average Bonchev–Trinajstić information content (AvgIpc) is 3.34. The molecule has 9 heteroatoms. The number of amides is 1. The monoisotopic (exact) mass is 551 g/mol. The van der Waals surface area contributed by atoms with E-state index in [1.807, 2.05) is 48.5 Å². The average molecular weight is 552 g/mol. The molecule has 0 aliphatic rings. The quantitative estimate of drug-likeness (QED) is 0.259. The van der Waals surface area contributed by atoms with E-state index in [9.17, 15) is 9.59 Å². The first kappa shape index (κ1) is 26.2. The van der Waals surface area contributed by atoms with E-state index in [1.54, 1.807) is 36.8 Å². The number of carbonyl (C=O) groups excluding carboxylic acids is 1. The number of aromatic nitrogens is 2. The van der Waals surface area contributed by atoms with Gasteiger partial charge in [0.25, 0.3) is 11.5 Å². The van der Waals surface area contributed by atoms with Crippen LogP contribution in [-0.4, -0.2) is 49.3 Å². The van der Waals surface area contributed by atoms with Crippen LogP contribution in [-0.2, 0) is 11.2 Å². The fourth-order valence-electron chi connectivity index (χ4n) is 5.40. The van der Waals surface area contributed by atoms with Gasteiger partial charge in [-0.2, -0.15) is 0 Å². The second-order valence-corrected chi connectivity index (χ2v) is 9.75. The smallest absolute Gasteiger partial charge is 0.267 e. The summed E-state index contributed by atoms with van der Waals surface area (Å²) < 4.78 is 23.9. The van der Waals surface area contributed by atoms with Gasteiger partial charge in [0.1, 0.15) is 11.5 Å². The maximum Gasteiger partial charge on any atom is 0.267 e. The molecule has 0 bridgehead atoms. The van der Waals surface area contributed by atoms with Crippen molar-refractivity contribution in [1.82, 2.24) is 14.7 Å². The molecule has 0 aliphatic heterocycles. The van der Waals surface area contributed by atoms with Crippen LogP contribution in [0.3, 0.4) is 0 Å². The van der Waals surface area contributed by atoms with Gasteiger partial charge >= 0.3 is 0 Å². The minimum Gasteiger partial charge on any atom is -0.497 e. The minimum absolute atomic E-state index is 0.211. The lowest BCUT2D eigenvalue weighted by Gasteiger charge is -2.15. The molecule has 3 aromatic heterocycles. The highest BCUT2D eigenvalue weighted by Crippen LogP contribution is 2.39. The molecule has 0 unspecified atom stereocenters. The molecule has 9 nitrogen and oxygen atoms in total. The molecule has 1 N–H and O–H groups in total. The van der Waals surface area contributed by atoms with Crippen molar-refractivity contribution in [1.29, 1.82) is 0 Å². The first-order valence-electron chi connectivity index (χ1n) is 13.3. The minimum atomic E-state index is -0.716. The standard InChI is InChI=1S/C32H29N3O6/c1-18(31(36)34-15-13-19-5-7-20(38-2)8-6-19)41-21-9-11-25-24(17-21)22-14-16-33-28-23-10-12-26(39-3)30(40-4)27(23)32(37)35(25)29(22)28/h5-12,14,16-18H,13,15H2,1-4H3,(H,34,36)/t18-/m0/s1. The van der Waals surface area contributed by atoms with Crippen LogP contribution in [0.1, 0.15) is 12.5 Å². The highest BCUT2D eigenvalue weighted by molar-refractivity contribution is 6.19. The molecule has 6 aromatic rings. The molecule has 3 heterocycles. The van der Waals surface area contributed by atoms with Crippen LogP contribution in [0.25, 0.3) is 38.1 Å². The largest absolute Gasteiger partial charge is 0.497 e. The van der Waals surface area contributed by atoms with Crippen LogP contribution in [0.15, 0.2) is 71.7 Å². The summed E-state index contributed by atoms with van der Waals surface area (Å²) in [5.41, 5.74) is 2.98. The summed E-state index contributed by atoms with van der Waals surface area (Å²) in [7, 11) is 4.68. The Morgan fingerprint density at radius 3 is 2.41 bits per heavy atom. The van der Waals surface area contributed by atoms with Crippen molar-refractivity contribution in [3.8, 4) is 23.0 Å². The van der Waals surface area contributed by atoms with Crippen LogP contribution in [0.4, 0.5) is 0 Å². The van der Waals surface area contributed by atoms with Crippen molar-refractivity contribution in [2.75, 3.05) is 27.9 Å². The van der Waals surface area contributed by atoms with E-state index in [2.05, 4.69) is 10.3 Å². The van der Waals surface area contributed by atoms with Gasteiger partial charge in [-0.05, 0) is 67.4 Å². The molecular weight excluding hydrogens is 522 g/mol. The van der Waals surface area contributed by atoms with E-state index in [0.29, 0.717) is 57.5 Å². The van der Waals surface area contributed by atoms with E-state index >= 15 is 0 Å². The Balaban J connectivity index is 1.31. The third kappa shape index (κ3) is 4.39. The SMILES string of the molecule is COc1ccc(CCNC(=O)[C@H](C)Oc2ccc3c(c2)c2ccnc4c5ccc(OC)c(OC)c5c(=O)n3c24)cc1. The Morgan fingerprint density at radius 1 is 0.902 bits per heavy atom. The Hall–Kier alpha value is -5.05. The van der Waals surface area contributed by atoms with E-state index in [4.69, 9.17) is 18.9 Å². The number of rotatable bonds is 9. The summed E-state index contributed by atoms with van der Waals surface area (Å²) in [6, 6.07) is 18.7. The third-order valence-corrected chi connectivity index (χ3v) is 7.42. The number of hydrogen-bond acceptors (Lipinski definition) is 7. The van der Waals surface area contributed by atoms with E-state index < -0.39 is 6.10 Å². The van der Waals surface area contributed by atoms with Gasteiger partial charge in [-0.25, -0.2) is 0 Å². The van der Waals surface area contributed by atoms with Crippen LogP contribution in [0.2, 0.25) is 0 Å². The zero-order valence-corrected chi connectivity index (χ0v) is 23.2. The lowest BCUT2D eigenvalue weighted by atomic mass is 10.1. The van der Waals surface area contributed by atoms with Gasteiger partial charge in [0.05, 0.1) is 43.3 Å². The molecule has 0 fully saturated rings. The summed E-state index contributed by atoms with van der Waals surface area (Å²) in [6.07, 6.45) is 1.70. The van der Waals surface area contributed by atoms with Gasteiger partial charge < -0.3 is 24.3 Å². The zero-order valence-electron chi connectivity index (χ0n) is 23.2. The van der Waals surface area contributed by atoms with Crippen molar-refractivity contribution < 1.29 is 23.7 Å². The number of hydrogen-bond donors (Lipinski definition) is 1. The predicted molar refractivity (Wildman–Crippen MR) is 158 cm³/mol. The van der Waals surface area contributed by atoms with Gasteiger partial charge in [-0.15, -0.1) is 0 Å². The van der Waals surface area contributed by atoms with Crippen molar-refractivity contribution in [2.24, 2.45) is 0 Å². The molecule has 41 heavy (non-hydrogen) atoms. The second-order valence-electron chi connectivity index (χ2n) is 9.75. The number of carbonyl (C=O) groups is 1. The first-order chi connectivity index (χ1) is 19.9. The van der Waals surface area contributed by atoms with Crippen molar-refractivity contribution >= 4 is 44.0 Å². The Bertz CT molecular complexity index is 1970. The molecule has 0 aliphatic carbocycles. The summed E-state index contributed by atoms with van der Waals surface area (Å²) in [5, 5.41) is 5.70. The van der Waals surface area contributed by atoms with Gasteiger partial charge in [0.2, 0.25) is 0 Å². The Labute approximate surface area is 235 Å². The van der Waals surface area contributed by atoms with E-state index in [-0.39, 0.29) is 11.5 Å². The van der Waals surface area contributed by atoms with Crippen molar-refractivity contribution in [3.63, 3.8) is 0 Å². The molecule has 0 saturated heterocycles. The lowest BCUT2D eigenvalue weighted by Crippen LogP contribution is -2.37. The molecular formula is C32H29N3O6. The molecule has 0 radical (unpaired) electrons.